The number of rotatable bonds is 7. The quantitative estimate of drug-likeness (QED) is 0.547. The lowest BCUT2D eigenvalue weighted by Crippen LogP contribution is -2.39. The smallest absolute Gasteiger partial charge is 0.265 e. The molecule has 2 aliphatic rings. The van der Waals surface area contributed by atoms with Crippen molar-refractivity contribution in [3.8, 4) is 5.75 Å². The lowest BCUT2D eigenvalue weighted by molar-refractivity contribution is -0.121. The summed E-state index contributed by atoms with van der Waals surface area (Å²) in [5.41, 5.74) is 2.87. The molecule has 0 saturated carbocycles. The van der Waals surface area contributed by atoms with E-state index in [9.17, 15) is 9.59 Å². The topological polar surface area (TPSA) is 49.9 Å². The Kier molecular flexibility index (Phi) is 5.72. The van der Waals surface area contributed by atoms with Crippen LogP contribution in [0.2, 0.25) is 0 Å². The zero-order valence-electron chi connectivity index (χ0n) is 16.0. The Labute approximate surface area is 165 Å². The van der Waals surface area contributed by atoms with Crippen molar-refractivity contribution >= 4 is 17.9 Å². The van der Waals surface area contributed by atoms with Crippen molar-refractivity contribution in [2.24, 2.45) is 0 Å². The van der Waals surface area contributed by atoms with E-state index in [1.54, 1.807) is 0 Å². The number of carbonyl (C=O) groups is 2. The summed E-state index contributed by atoms with van der Waals surface area (Å²) in [6.07, 6.45) is 4.08. The maximum Gasteiger partial charge on any atom is 0.265 e. The molecule has 0 aromatic heterocycles. The van der Waals surface area contributed by atoms with E-state index in [0.29, 0.717) is 5.92 Å². The highest BCUT2D eigenvalue weighted by Gasteiger charge is 2.26. The van der Waals surface area contributed by atoms with E-state index in [1.807, 2.05) is 47.4 Å². The van der Waals surface area contributed by atoms with Gasteiger partial charge in [-0.3, -0.25) is 9.59 Å². The van der Waals surface area contributed by atoms with Gasteiger partial charge in [0.05, 0.1) is 5.69 Å². The van der Waals surface area contributed by atoms with Gasteiger partial charge in [0.2, 0.25) is 0 Å². The molecule has 4 rings (SSSR count). The Morgan fingerprint density at radius 2 is 1.82 bits per heavy atom. The molecule has 146 valence electrons. The molecule has 2 aromatic carbocycles. The molecule has 5 heteroatoms. The number of aldehydes is 1. The van der Waals surface area contributed by atoms with Crippen molar-refractivity contribution in [3.63, 3.8) is 0 Å². The van der Waals surface area contributed by atoms with Gasteiger partial charge in [-0.25, -0.2) is 0 Å². The fourth-order valence-electron chi connectivity index (χ4n) is 4.28. The number of anilines is 1. The van der Waals surface area contributed by atoms with Crippen molar-refractivity contribution in [1.29, 1.82) is 0 Å². The van der Waals surface area contributed by atoms with Crippen LogP contribution >= 0.6 is 0 Å². The SMILES string of the molecule is O=Cc1ccccc1[C@H]1CCN(CCCCN2C(=O)COc3ccccc32)C1. The highest BCUT2D eigenvalue weighted by atomic mass is 16.5. The van der Waals surface area contributed by atoms with Gasteiger partial charge in [-0.05, 0) is 56.0 Å². The summed E-state index contributed by atoms with van der Waals surface area (Å²) in [5, 5.41) is 0. The average Bonchev–Trinajstić information content (AvgIpc) is 3.21. The fourth-order valence-corrected chi connectivity index (χ4v) is 4.28. The normalized spacial score (nSPS) is 19.4. The molecule has 0 bridgehead atoms. The van der Waals surface area contributed by atoms with Crippen LogP contribution in [0.1, 0.15) is 41.1 Å². The monoisotopic (exact) mass is 378 g/mol. The van der Waals surface area contributed by atoms with Crippen LogP contribution < -0.4 is 9.64 Å². The minimum Gasteiger partial charge on any atom is -0.482 e. The van der Waals surface area contributed by atoms with Crippen molar-refractivity contribution in [3.05, 3.63) is 59.7 Å². The Morgan fingerprint density at radius 3 is 2.71 bits per heavy atom. The second-order valence-electron chi connectivity index (χ2n) is 7.54. The summed E-state index contributed by atoms with van der Waals surface area (Å²) in [6.45, 7) is 3.95. The number of likely N-dealkylation sites (tertiary alicyclic amines) is 1. The van der Waals surface area contributed by atoms with Gasteiger partial charge in [0, 0.05) is 18.7 Å². The number of amides is 1. The van der Waals surface area contributed by atoms with Gasteiger partial charge < -0.3 is 14.5 Å². The molecule has 2 heterocycles. The fraction of sp³-hybridized carbons (Fsp3) is 0.391. The number of benzene rings is 2. The second kappa shape index (κ2) is 8.57. The number of nitrogens with zero attached hydrogens (tertiary/aromatic N) is 2. The number of fused-ring (bicyclic) bond motifs is 1. The van der Waals surface area contributed by atoms with E-state index in [2.05, 4.69) is 11.0 Å². The second-order valence-corrected chi connectivity index (χ2v) is 7.54. The minimum absolute atomic E-state index is 0.0328. The van der Waals surface area contributed by atoms with E-state index in [0.717, 1.165) is 68.7 Å². The molecule has 2 aliphatic heterocycles. The minimum atomic E-state index is 0.0328. The summed E-state index contributed by atoms with van der Waals surface area (Å²) in [6, 6.07) is 15.7. The third-order valence-electron chi connectivity index (χ3n) is 5.75. The summed E-state index contributed by atoms with van der Waals surface area (Å²) in [4.78, 5) is 27.8. The van der Waals surface area contributed by atoms with E-state index in [-0.39, 0.29) is 12.5 Å². The van der Waals surface area contributed by atoms with Crippen LogP contribution in [0, 0.1) is 0 Å². The molecule has 2 aromatic rings. The summed E-state index contributed by atoms with van der Waals surface area (Å²) < 4.78 is 5.50. The predicted molar refractivity (Wildman–Crippen MR) is 109 cm³/mol. The van der Waals surface area contributed by atoms with Crippen molar-refractivity contribution in [2.45, 2.75) is 25.2 Å². The van der Waals surface area contributed by atoms with Crippen LogP contribution in [-0.2, 0) is 4.79 Å². The van der Waals surface area contributed by atoms with E-state index in [1.165, 1.54) is 5.56 Å². The maximum absolute atomic E-state index is 12.2. The Balaban J connectivity index is 1.27. The summed E-state index contributed by atoms with van der Waals surface area (Å²) >= 11 is 0. The molecule has 1 amide bonds. The third kappa shape index (κ3) is 3.94. The molecule has 0 aliphatic carbocycles. The van der Waals surface area contributed by atoms with Gasteiger partial charge >= 0.3 is 0 Å². The maximum atomic E-state index is 12.2. The number of unbranched alkanes of at least 4 members (excludes halogenated alkanes) is 1. The molecule has 0 unspecified atom stereocenters. The number of carbonyl (C=O) groups excluding carboxylic acids is 2. The average molecular weight is 378 g/mol. The third-order valence-corrected chi connectivity index (χ3v) is 5.75. The van der Waals surface area contributed by atoms with Crippen LogP contribution in [0.5, 0.6) is 5.75 Å². The van der Waals surface area contributed by atoms with Crippen LogP contribution in [0.15, 0.2) is 48.5 Å². The highest BCUT2D eigenvalue weighted by Crippen LogP contribution is 2.32. The Morgan fingerprint density at radius 1 is 1.04 bits per heavy atom. The van der Waals surface area contributed by atoms with Crippen LogP contribution in [-0.4, -0.2) is 49.9 Å². The standard InChI is InChI=1S/C23H26N2O3/c26-16-19-7-1-2-8-20(19)18-11-14-24(15-18)12-5-6-13-25-21-9-3-4-10-22(21)28-17-23(25)27/h1-4,7-10,16,18H,5-6,11-15,17H2/t18-/m0/s1. The molecule has 28 heavy (non-hydrogen) atoms. The first kappa shape index (κ1) is 18.7. The highest BCUT2D eigenvalue weighted by molar-refractivity contribution is 5.97. The zero-order valence-corrected chi connectivity index (χ0v) is 16.0. The number of ether oxygens (including phenoxy) is 1. The number of hydrogen-bond acceptors (Lipinski definition) is 4. The lowest BCUT2D eigenvalue weighted by Gasteiger charge is -2.29. The van der Waals surface area contributed by atoms with Gasteiger partial charge in [-0.1, -0.05) is 36.4 Å². The van der Waals surface area contributed by atoms with E-state index < -0.39 is 0 Å². The molecular formula is C23H26N2O3. The van der Waals surface area contributed by atoms with Crippen molar-refractivity contribution in [2.75, 3.05) is 37.7 Å². The van der Waals surface area contributed by atoms with Gasteiger partial charge in [-0.15, -0.1) is 0 Å². The first-order chi connectivity index (χ1) is 13.8. The Hall–Kier alpha value is -2.66. The molecule has 1 saturated heterocycles. The van der Waals surface area contributed by atoms with Gasteiger partial charge in [0.1, 0.15) is 12.0 Å². The molecule has 0 spiro atoms. The van der Waals surface area contributed by atoms with E-state index in [4.69, 9.17) is 4.74 Å². The first-order valence-electron chi connectivity index (χ1n) is 10.0. The van der Waals surface area contributed by atoms with Gasteiger partial charge in [0.15, 0.2) is 6.61 Å². The van der Waals surface area contributed by atoms with Gasteiger partial charge in [-0.2, -0.15) is 0 Å². The molecule has 1 atom stereocenters. The van der Waals surface area contributed by atoms with E-state index >= 15 is 0 Å². The number of para-hydroxylation sites is 2. The summed E-state index contributed by atoms with van der Waals surface area (Å²) in [5.74, 6) is 1.26. The van der Waals surface area contributed by atoms with Crippen LogP contribution in [0.4, 0.5) is 5.69 Å². The molecule has 5 nitrogen and oxygen atoms in total. The number of hydrogen-bond donors (Lipinski definition) is 0. The van der Waals surface area contributed by atoms with Crippen molar-refractivity contribution < 1.29 is 14.3 Å². The molecule has 0 N–H and O–H groups in total. The molecule has 0 radical (unpaired) electrons. The van der Waals surface area contributed by atoms with Crippen LogP contribution in [0.3, 0.4) is 0 Å². The van der Waals surface area contributed by atoms with Gasteiger partial charge in [0.25, 0.3) is 5.91 Å². The van der Waals surface area contributed by atoms with Crippen molar-refractivity contribution in [1.82, 2.24) is 4.90 Å². The Bertz CT molecular complexity index is 851. The first-order valence-corrected chi connectivity index (χ1v) is 10.0. The molecule has 1 fully saturated rings. The van der Waals surface area contributed by atoms with Crippen LogP contribution in [0.25, 0.3) is 0 Å². The molecular weight excluding hydrogens is 352 g/mol. The summed E-state index contributed by atoms with van der Waals surface area (Å²) in [7, 11) is 0. The lowest BCUT2D eigenvalue weighted by atomic mass is 9.94. The predicted octanol–water partition coefficient (Wildman–Crippen LogP) is 3.49. The largest absolute Gasteiger partial charge is 0.482 e. The zero-order chi connectivity index (χ0) is 19.3.